The molecule has 5 heteroatoms. The van der Waals surface area contributed by atoms with Gasteiger partial charge in [0.25, 0.3) is 0 Å². The van der Waals surface area contributed by atoms with Crippen molar-refractivity contribution in [2.75, 3.05) is 46.6 Å². The van der Waals surface area contributed by atoms with Gasteiger partial charge in [0.2, 0.25) is 0 Å². The van der Waals surface area contributed by atoms with Gasteiger partial charge in [-0.3, -0.25) is 9.69 Å². The molecule has 1 aromatic carbocycles. The van der Waals surface area contributed by atoms with Crippen molar-refractivity contribution >= 4 is 5.78 Å². The van der Waals surface area contributed by atoms with E-state index < -0.39 is 0 Å². The summed E-state index contributed by atoms with van der Waals surface area (Å²) in [5, 5.41) is 9.00. The van der Waals surface area contributed by atoms with Crippen LogP contribution in [0.3, 0.4) is 0 Å². The van der Waals surface area contributed by atoms with Gasteiger partial charge in [-0.25, -0.2) is 0 Å². The van der Waals surface area contributed by atoms with E-state index in [0.29, 0.717) is 37.6 Å². The summed E-state index contributed by atoms with van der Waals surface area (Å²) in [6.45, 7) is 4.72. The molecular formula is C15H23NO4. The first-order valence-corrected chi connectivity index (χ1v) is 6.74. The van der Waals surface area contributed by atoms with E-state index in [1.807, 2.05) is 12.1 Å². The normalized spacial score (nSPS) is 10.8. The van der Waals surface area contributed by atoms with Crippen molar-refractivity contribution in [3.63, 3.8) is 0 Å². The Hall–Kier alpha value is -1.43. The van der Waals surface area contributed by atoms with Crippen molar-refractivity contribution < 1.29 is 19.4 Å². The Morgan fingerprint density at radius 2 is 1.90 bits per heavy atom. The maximum Gasteiger partial charge on any atom is 0.163 e. The Kier molecular flexibility index (Phi) is 7.87. The van der Waals surface area contributed by atoms with Crippen LogP contribution in [0.4, 0.5) is 0 Å². The minimum Gasteiger partial charge on any atom is -0.491 e. The quantitative estimate of drug-likeness (QED) is 0.653. The van der Waals surface area contributed by atoms with E-state index in [9.17, 15) is 4.79 Å². The highest BCUT2D eigenvalue weighted by Gasteiger charge is 2.08. The lowest BCUT2D eigenvalue weighted by Crippen LogP contribution is -2.34. The van der Waals surface area contributed by atoms with Gasteiger partial charge in [0.05, 0.1) is 18.8 Å². The average Bonchev–Trinajstić information content (AvgIpc) is 2.45. The predicted octanol–water partition coefficient (Wildman–Crippen LogP) is 1.21. The molecule has 1 aromatic rings. The number of methoxy groups -OCH3 is 1. The third-order valence-corrected chi connectivity index (χ3v) is 2.96. The van der Waals surface area contributed by atoms with E-state index in [1.54, 1.807) is 19.2 Å². The molecule has 0 atom stereocenters. The first-order chi connectivity index (χ1) is 9.69. The fourth-order valence-electron chi connectivity index (χ4n) is 1.87. The fraction of sp³-hybridized carbons (Fsp3) is 0.533. The molecule has 0 spiro atoms. The van der Waals surface area contributed by atoms with Gasteiger partial charge in [-0.05, 0) is 19.1 Å². The molecule has 0 amide bonds. The SMILES string of the molecule is COCCN(CCO)CCOc1ccccc1C(C)=O. The molecule has 0 saturated heterocycles. The van der Waals surface area contributed by atoms with Crippen LogP contribution < -0.4 is 4.74 Å². The molecule has 0 saturated carbocycles. The number of carbonyl (C=O) groups excluding carboxylic acids is 1. The van der Waals surface area contributed by atoms with Crippen LogP contribution >= 0.6 is 0 Å². The summed E-state index contributed by atoms with van der Waals surface area (Å²) >= 11 is 0. The van der Waals surface area contributed by atoms with Crippen molar-refractivity contribution in [1.82, 2.24) is 4.90 Å². The molecule has 0 fully saturated rings. The molecule has 0 aliphatic rings. The molecule has 0 aliphatic heterocycles. The number of ketones is 1. The van der Waals surface area contributed by atoms with Crippen LogP contribution in [0.2, 0.25) is 0 Å². The Bertz CT molecular complexity index is 409. The number of nitrogens with zero attached hydrogens (tertiary/aromatic N) is 1. The third kappa shape index (κ3) is 5.69. The van der Waals surface area contributed by atoms with E-state index in [0.717, 1.165) is 6.54 Å². The molecule has 112 valence electrons. The second-order valence-electron chi connectivity index (χ2n) is 4.46. The van der Waals surface area contributed by atoms with Gasteiger partial charge in [-0.2, -0.15) is 0 Å². The molecule has 0 aliphatic carbocycles. The summed E-state index contributed by atoms with van der Waals surface area (Å²) in [5.74, 6) is 0.600. The van der Waals surface area contributed by atoms with Crippen LogP contribution in [0.25, 0.3) is 0 Å². The largest absolute Gasteiger partial charge is 0.491 e. The maximum absolute atomic E-state index is 11.5. The second-order valence-corrected chi connectivity index (χ2v) is 4.46. The predicted molar refractivity (Wildman–Crippen MR) is 77.3 cm³/mol. The molecule has 0 radical (unpaired) electrons. The van der Waals surface area contributed by atoms with Crippen LogP contribution in [0.15, 0.2) is 24.3 Å². The van der Waals surface area contributed by atoms with Gasteiger partial charge >= 0.3 is 0 Å². The van der Waals surface area contributed by atoms with Crippen LogP contribution in [0, 0.1) is 0 Å². The number of Topliss-reactive ketones (excluding diaryl/α,β-unsaturated/α-hetero) is 1. The highest BCUT2D eigenvalue weighted by molar-refractivity contribution is 5.96. The molecule has 1 N–H and O–H groups in total. The maximum atomic E-state index is 11.5. The number of rotatable bonds is 10. The number of hydrogen-bond acceptors (Lipinski definition) is 5. The minimum atomic E-state index is -0.00722. The van der Waals surface area contributed by atoms with Gasteiger partial charge in [0, 0.05) is 26.7 Å². The van der Waals surface area contributed by atoms with E-state index >= 15 is 0 Å². The molecule has 0 aromatic heterocycles. The highest BCUT2D eigenvalue weighted by atomic mass is 16.5. The molecule has 0 unspecified atom stereocenters. The summed E-state index contributed by atoms with van der Waals surface area (Å²) in [6, 6.07) is 7.22. The second kappa shape index (κ2) is 9.47. The number of ether oxygens (including phenoxy) is 2. The average molecular weight is 281 g/mol. The minimum absolute atomic E-state index is 0.00722. The summed E-state index contributed by atoms with van der Waals surface area (Å²) in [4.78, 5) is 13.5. The van der Waals surface area contributed by atoms with Crippen molar-refractivity contribution in [2.45, 2.75) is 6.92 Å². The number of para-hydroxylation sites is 1. The third-order valence-electron chi connectivity index (χ3n) is 2.96. The molecular weight excluding hydrogens is 258 g/mol. The molecule has 1 rings (SSSR count). The summed E-state index contributed by atoms with van der Waals surface area (Å²) in [7, 11) is 1.65. The fourth-order valence-corrected chi connectivity index (χ4v) is 1.87. The van der Waals surface area contributed by atoms with Crippen LogP contribution in [0.1, 0.15) is 17.3 Å². The molecule has 0 bridgehead atoms. The monoisotopic (exact) mass is 281 g/mol. The van der Waals surface area contributed by atoms with Gasteiger partial charge in [0.1, 0.15) is 12.4 Å². The highest BCUT2D eigenvalue weighted by Crippen LogP contribution is 2.18. The molecule has 5 nitrogen and oxygen atoms in total. The Balaban J connectivity index is 2.47. The smallest absolute Gasteiger partial charge is 0.163 e. The zero-order chi connectivity index (χ0) is 14.8. The zero-order valence-electron chi connectivity index (χ0n) is 12.2. The number of benzene rings is 1. The number of aliphatic hydroxyl groups is 1. The number of carbonyl (C=O) groups is 1. The molecule has 20 heavy (non-hydrogen) atoms. The topological polar surface area (TPSA) is 59.0 Å². The van der Waals surface area contributed by atoms with Gasteiger partial charge in [-0.1, -0.05) is 12.1 Å². The van der Waals surface area contributed by atoms with Crippen molar-refractivity contribution in [1.29, 1.82) is 0 Å². The van der Waals surface area contributed by atoms with Crippen molar-refractivity contribution in [2.24, 2.45) is 0 Å². The van der Waals surface area contributed by atoms with E-state index in [1.165, 1.54) is 6.92 Å². The van der Waals surface area contributed by atoms with Gasteiger partial charge in [-0.15, -0.1) is 0 Å². The lowest BCUT2D eigenvalue weighted by molar-refractivity contribution is 0.101. The summed E-state index contributed by atoms with van der Waals surface area (Å²) in [6.07, 6.45) is 0. The Morgan fingerprint density at radius 3 is 2.55 bits per heavy atom. The van der Waals surface area contributed by atoms with Crippen molar-refractivity contribution in [3.8, 4) is 5.75 Å². The van der Waals surface area contributed by atoms with Gasteiger partial charge < -0.3 is 14.6 Å². The van der Waals surface area contributed by atoms with E-state index in [-0.39, 0.29) is 12.4 Å². The number of aliphatic hydroxyl groups excluding tert-OH is 1. The Labute approximate surface area is 120 Å². The lowest BCUT2D eigenvalue weighted by atomic mass is 10.1. The van der Waals surface area contributed by atoms with Gasteiger partial charge in [0.15, 0.2) is 5.78 Å². The summed E-state index contributed by atoms with van der Waals surface area (Å²) in [5.41, 5.74) is 0.595. The molecule has 0 heterocycles. The lowest BCUT2D eigenvalue weighted by Gasteiger charge is -2.21. The Morgan fingerprint density at radius 1 is 1.20 bits per heavy atom. The standard InChI is InChI=1S/C15H23NO4/c1-13(18)14-5-3-4-6-15(14)20-12-9-16(7-10-17)8-11-19-2/h3-6,17H,7-12H2,1-2H3. The first kappa shape index (κ1) is 16.6. The van der Waals surface area contributed by atoms with E-state index in [2.05, 4.69) is 4.90 Å². The van der Waals surface area contributed by atoms with Crippen LogP contribution in [0.5, 0.6) is 5.75 Å². The summed E-state index contributed by atoms with van der Waals surface area (Å²) < 4.78 is 10.7. The van der Waals surface area contributed by atoms with Crippen LogP contribution in [-0.4, -0.2) is 62.4 Å². The number of hydrogen-bond donors (Lipinski definition) is 1. The van der Waals surface area contributed by atoms with E-state index in [4.69, 9.17) is 14.6 Å². The van der Waals surface area contributed by atoms with Crippen LogP contribution in [-0.2, 0) is 4.74 Å². The van der Waals surface area contributed by atoms with Crippen molar-refractivity contribution in [3.05, 3.63) is 29.8 Å². The first-order valence-electron chi connectivity index (χ1n) is 6.74. The zero-order valence-corrected chi connectivity index (χ0v) is 12.2.